The number of nitrogens with one attached hydrogen (secondary N) is 1. The van der Waals surface area contributed by atoms with Crippen LogP contribution in [0.5, 0.6) is 0 Å². The van der Waals surface area contributed by atoms with E-state index >= 15 is 0 Å². The molecule has 3 rings (SSSR count). The van der Waals surface area contributed by atoms with Crippen LogP contribution in [0.15, 0.2) is 53.5 Å². The third-order valence-electron chi connectivity index (χ3n) is 3.15. The van der Waals surface area contributed by atoms with Crippen molar-refractivity contribution >= 4 is 23.4 Å². The molecule has 106 valence electrons. The molecular formula is C15H18ClN3O. The Bertz CT molecular complexity index is 615. The summed E-state index contributed by atoms with van der Waals surface area (Å²) in [7, 11) is 0. The predicted molar refractivity (Wildman–Crippen MR) is 82.0 cm³/mol. The summed E-state index contributed by atoms with van der Waals surface area (Å²) in [5.41, 5.74) is 0.946. The normalized spacial score (nSPS) is 12.2. The topological polar surface area (TPSA) is 43.0 Å². The highest BCUT2D eigenvalue weighted by atomic mass is 35.5. The van der Waals surface area contributed by atoms with Crippen LogP contribution in [0.2, 0.25) is 0 Å². The average Bonchev–Trinajstić information content (AvgIpc) is 3.04. The maximum absolute atomic E-state index is 5.77. The SMILES string of the molecule is CC(Cn1ccnc1)NCc1cc2ccccc2o1.Cl. The van der Waals surface area contributed by atoms with Gasteiger partial charge in [0.15, 0.2) is 0 Å². The minimum atomic E-state index is 0. The van der Waals surface area contributed by atoms with Crippen molar-refractivity contribution < 1.29 is 4.42 Å². The van der Waals surface area contributed by atoms with Crippen molar-refractivity contribution in [3.63, 3.8) is 0 Å². The van der Waals surface area contributed by atoms with Crippen LogP contribution in [-0.4, -0.2) is 15.6 Å². The highest BCUT2D eigenvalue weighted by molar-refractivity contribution is 5.85. The number of furan rings is 1. The molecule has 3 aromatic rings. The number of nitrogens with zero attached hydrogens (tertiary/aromatic N) is 2. The lowest BCUT2D eigenvalue weighted by atomic mass is 10.2. The van der Waals surface area contributed by atoms with E-state index in [-0.39, 0.29) is 12.4 Å². The molecule has 0 aliphatic carbocycles. The molecule has 0 spiro atoms. The Hall–Kier alpha value is -1.78. The zero-order valence-corrected chi connectivity index (χ0v) is 12.1. The third-order valence-corrected chi connectivity index (χ3v) is 3.15. The number of halogens is 1. The van der Waals surface area contributed by atoms with Crippen molar-refractivity contribution in [1.29, 1.82) is 0 Å². The molecule has 2 heterocycles. The molecule has 1 aromatic carbocycles. The van der Waals surface area contributed by atoms with Crippen LogP contribution >= 0.6 is 12.4 Å². The van der Waals surface area contributed by atoms with E-state index in [1.54, 1.807) is 6.20 Å². The molecule has 0 aliphatic heterocycles. The van der Waals surface area contributed by atoms with Crippen molar-refractivity contribution in [2.45, 2.75) is 26.1 Å². The molecule has 1 atom stereocenters. The van der Waals surface area contributed by atoms with E-state index in [0.717, 1.165) is 29.8 Å². The highest BCUT2D eigenvalue weighted by Crippen LogP contribution is 2.18. The van der Waals surface area contributed by atoms with Gasteiger partial charge in [-0.05, 0) is 19.1 Å². The number of fused-ring (bicyclic) bond motifs is 1. The summed E-state index contributed by atoms with van der Waals surface area (Å²) in [5, 5.41) is 4.61. The van der Waals surface area contributed by atoms with Crippen LogP contribution in [0, 0.1) is 0 Å². The minimum absolute atomic E-state index is 0. The second kappa shape index (κ2) is 6.59. The first-order valence-corrected chi connectivity index (χ1v) is 6.48. The van der Waals surface area contributed by atoms with Crippen molar-refractivity contribution in [1.82, 2.24) is 14.9 Å². The molecule has 0 aliphatic rings. The molecule has 0 saturated carbocycles. The van der Waals surface area contributed by atoms with E-state index in [9.17, 15) is 0 Å². The summed E-state index contributed by atoms with van der Waals surface area (Å²) in [6.07, 6.45) is 5.60. The van der Waals surface area contributed by atoms with Crippen LogP contribution in [0.4, 0.5) is 0 Å². The maximum Gasteiger partial charge on any atom is 0.134 e. The largest absolute Gasteiger partial charge is 0.460 e. The lowest BCUT2D eigenvalue weighted by Gasteiger charge is -2.13. The summed E-state index contributed by atoms with van der Waals surface area (Å²) < 4.78 is 7.84. The van der Waals surface area contributed by atoms with Gasteiger partial charge >= 0.3 is 0 Å². The quantitative estimate of drug-likeness (QED) is 0.785. The molecule has 1 N–H and O–H groups in total. The van der Waals surface area contributed by atoms with Crippen LogP contribution < -0.4 is 5.32 Å². The molecule has 2 aromatic heterocycles. The summed E-state index contributed by atoms with van der Waals surface area (Å²) in [6, 6.07) is 10.5. The average molecular weight is 292 g/mol. The molecule has 5 heteroatoms. The molecule has 20 heavy (non-hydrogen) atoms. The molecule has 0 radical (unpaired) electrons. The van der Waals surface area contributed by atoms with Crippen molar-refractivity contribution in [2.24, 2.45) is 0 Å². The predicted octanol–water partition coefficient (Wildman–Crippen LogP) is 3.23. The van der Waals surface area contributed by atoms with Gasteiger partial charge in [-0.3, -0.25) is 0 Å². The van der Waals surface area contributed by atoms with Crippen molar-refractivity contribution in [3.8, 4) is 0 Å². The third kappa shape index (κ3) is 3.40. The first-order chi connectivity index (χ1) is 9.31. The van der Waals surface area contributed by atoms with Crippen LogP contribution in [0.1, 0.15) is 12.7 Å². The van der Waals surface area contributed by atoms with E-state index in [0.29, 0.717) is 6.04 Å². The lowest BCUT2D eigenvalue weighted by Crippen LogP contribution is -2.29. The fraction of sp³-hybridized carbons (Fsp3) is 0.267. The van der Waals surface area contributed by atoms with Crippen LogP contribution in [-0.2, 0) is 13.1 Å². The smallest absolute Gasteiger partial charge is 0.134 e. The van der Waals surface area contributed by atoms with Gasteiger partial charge in [-0.2, -0.15) is 0 Å². The van der Waals surface area contributed by atoms with E-state index in [2.05, 4.69) is 33.9 Å². The lowest BCUT2D eigenvalue weighted by molar-refractivity contribution is 0.439. The molecule has 4 nitrogen and oxygen atoms in total. The fourth-order valence-corrected chi connectivity index (χ4v) is 2.17. The summed E-state index contributed by atoms with van der Waals surface area (Å²) in [6.45, 7) is 3.80. The van der Waals surface area contributed by atoms with Gasteiger partial charge in [0, 0.05) is 30.4 Å². The second-order valence-corrected chi connectivity index (χ2v) is 4.79. The van der Waals surface area contributed by atoms with Gasteiger partial charge in [0.1, 0.15) is 11.3 Å². The summed E-state index contributed by atoms with van der Waals surface area (Å²) in [4.78, 5) is 4.04. The number of hydrogen-bond donors (Lipinski definition) is 1. The van der Waals surface area contributed by atoms with E-state index in [4.69, 9.17) is 4.42 Å². The molecule has 0 bridgehead atoms. The fourth-order valence-electron chi connectivity index (χ4n) is 2.17. The van der Waals surface area contributed by atoms with Gasteiger partial charge in [0.2, 0.25) is 0 Å². The zero-order chi connectivity index (χ0) is 13.1. The van der Waals surface area contributed by atoms with E-state index in [1.807, 2.05) is 30.7 Å². The van der Waals surface area contributed by atoms with Gasteiger partial charge in [-0.25, -0.2) is 4.98 Å². The number of rotatable bonds is 5. The Labute approximate surface area is 124 Å². The Morgan fingerprint density at radius 3 is 2.95 bits per heavy atom. The van der Waals surface area contributed by atoms with Gasteiger partial charge < -0.3 is 14.3 Å². The van der Waals surface area contributed by atoms with Crippen molar-refractivity contribution in [3.05, 3.63) is 54.8 Å². The standard InChI is InChI=1S/C15H17N3O.ClH/c1-12(10-18-7-6-16-11-18)17-9-14-8-13-4-2-3-5-15(13)19-14;/h2-8,11-12,17H,9-10H2,1H3;1H. The maximum atomic E-state index is 5.77. The Kier molecular flexibility index (Phi) is 4.82. The monoisotopic (exact) mass is 291 g/mol. The molecule has 0 amide bonds. The molecule has 0 fully saturated rings. The van der Waals surface area contributed by atoms with E-state index in [1.165, 1.54) is 0 Å². The first kappa shape index (κ1) is 14.6. The molecule has 0 saturated heterocycles. The number of hydrogen-bond acceptors (Lipinski definition) is 3. The number of benzene rings is 1. The van der Waals surface area contributed by atoms with Crippen molar-refractivity contribution in [2.75, 3.05) is 0 Å². The zero-order valence-electron chi connectivity index (χ0n) is 11.3. The number of para-hydroxylation sites is 1. The summed E-state index contributed by atoms with van der Waals surface area (Å²) >= 11 is 0. The first-order valence-electron chi connectivity index (χ1n) is 6.48. The minimum Gasteiger partial charge on any atom is -0.460 e. The Morgan fingerprint density at radius 2 is 2.20 bits per heavy atom. The highest BCUT2D eigenvalue weighted by Gasteiger charge is 2.06. The van der Waals surface area contributed by atoms with Crippen LogP contribution in [0.3, 0.4) is 0 Å². The number of aromatic nitrogens is 2. The van der Waals surface area contributed by atoms with Gasteiger partial charge in [-0.15, -0.1) is 12.4 Å². The Balaban J connectivity index is 0.00000147. The molecular weight excluding hydrogens is 274 g/mol. The van der Waals surface area contributed by atoms with Gasteiger partial charge in [0.05, 0.1) is 12.9 Å². The second-order valence-electron chi connectivity index (χ2n) is 4.79. The van der Waals surface area contributed by atoms with E-state index < -0.39 is 0 Å². The number of imidazole rings is 1. The molecule has 1 unspecified atom stereocenters. The van der Waals surface area contributed by atoms with Gasteiger partial charge in [0.25, 0.3) is 0 Å². The van der Waals surface area contributed by atoms with Crippen LogP contribution in [0.25, 0.3) is 11.0 Å². The van der Waals surface area contributed by atoms with Gasteiger partial charge in [-0.1, -0.05) is 18.2 Å². The Morgan fingerprint density at radius 1 is 1.35 bits per heavy atom. The summed E-state index contributed by atoms with van der Waals surface area (Å²) in [5.74, 6) is 0.971.